The molecule has 1 aromatic rings. The van der Waals surface area contributed by atoms with Crippen molar-refractivity contribution in [2.45, 2.75) is 39.0 Å². The topological polar surface area (TPSA) is 59.4 Å². The van der Waals surface area contributed by atoms with Gasteiger partial charge in [0.1, 0.15) is 18.9 Å². The van der Waals surface area contributed by atoms with E-state index in [0.29, 0.717) is 11.9 Å². The maximum Gasteiger partial charge on any atom is 0.406 e. The van der Waals surface area contributed by atoms with Crippen molar-refractivity contribution in [1.82, 2.24) is 14.5 Å². The third kappa shape index (κ3) is 4.64. The molecule has 1 fully saturated rings. The zero-order chi connectivity index (χ0) is 15.5. The molecule has 1 aromatic heterocycles. The number of piperidine rings is 1. The molecule has 2 N–H and O–H groups in total. The standard InChI is InChI=1S/C13H20F3N5/c1-10-2-5-20(6-3-10)12(17)19-8-11-18-4-7-21(11)9-13(14,15)16/h4,7,10H,2-3,5-6,8-9H2,1H3,(H2,17,19). The third-order valence-electron chi connectivity index (χ3n) is 3.64. The number of nitrogens with zero attached hydrogens (tertiary/aromatic N) is 4. The SMILES string of the molecule is CC1CCN(C(N)=NCc2nccn2CC(F)(F)F)CC1. The molecule has 5 nitrogen and oxygen atoms in total. The first-order chi connectivity index (χ1) is 9.85. The van der Waals surface area contributed by atoms with Crippen LogP contribution in [0.1, 0.15) is 25.6 Å². The molecule has 2 rings (SSSR count). The van der Waals surface area contributed by atoms with Crippen LogP contribution in [0, 0.1) is 5.92 Å². The predicted octanol–water partition coefficient (Wildman–Crippen LogP) is 1.99. The molecule has 2 heterocycles. The largest absolute Gasteiger partial charge is 0.406 e. The van der Waals surface area contributed by atoms with Gasteiger partial charge in [0.15, 0.2) is 5.96 Å². The van der Waals surface area contributed by atoms with Crippen molar-refractivity contribution in [2.24, 2.45) is 16.6 Å². The molecule has 0 unspecified atom stereocenters. The maximum absolute atomic E-state index is 12.4. The van der Waals surface area contributed by atoms with Gasteiger partial charge in [-0.1, -0.05) is 6.92 Å². The molecular formula is C13H20F3N5. The summed E-state index contributed by atoms with van der Waals surface area (Å²) >= 11 is 0. The number of imidazole rings is 1. The van der Waals surface area contributed by atoms with Gasteiger partial charge in [-0.15, -0.1) is 0 Å². The Morgan fingerprint density at radius 2 is 2.10 bits per heavy atom. The molecular weight excluding hydrogens is 283 g/mol. The fraction of sp³-hybridized carbons (Fsp3) is 0.692. The van der Waals surface area contributed by atoms with Crippen molar-refractivity contribution >= 4 is 5.96 Å². The number of alkyl halides is 3. The van der Waals surface area contributed by atoms with Gasteiger partial charge in [0.25, 0.3) is 0 Å². The molecule has 0 bridgehead atoms. The quantitative estimate of drug-likeness (QED) is 0.686. The number of halogens is 3. The number of rotatable bonds is 3. The van der Waals surface area contributed by atoms with Crippen LogP contribution in [0.4, 0.5) is 13.2 Å². The zero-order valence-corrected chi connectivity index (χ0v) is 12.0. The van der Waals surface area contributed by atoms with Gasteiger partial charge in [0.2, 0.25) is 0 Å². The van der Waals surface area contributed by atoms with Crippen LogP contribution in [0.25, 0.3) is 0 Å². The number of hydrogen-bond acceptors (Lipinski definition) is 2. The minimum absolute atomic E-state index is 0.0565. The Labute approximate surface area is 121 Å². The number of aromatic nitrogens is 2. The lowest BCUT2D eigenvalue weighted by Crippen LogP contribution is -2.42. The molecule has 0 radical (unpaired) electrons. The second kappa shape index (κ2) is 6.36. The van der Waals surface area contributed by atoms with Crippen LogP contribution in [-0.2, 0) is 13.1 Å². The molecule has 0 spiro atoms. The molecule has 1 aliphatic heterocycles. The Balaban J connectivity index is 1.96. The molecule has 8 heteroatoms. The number of aliphatic imine (C=N–C) groups is 1. The summed E-state index contributed by atoms with van der Waals surface area (Å²) in [6, 6.07) is 0. The summed E-state index contributed by atoms with van der Waals surface area (Å²) in [4.78, 5) is 10.1. The summed E-state index contributed by atoms with van der Waals surface area (Å²) in [6.45, 7) is 2.87. The molecule has 1 aliphatic rings. The highest BCUT2D eigenvalue weighted by atomic mass is 19.4. The Kier molecular flexibility index (Phi) is 4.74. The minimum Gasteiger partial charge on any atom is -0.370 e. The summed E-state index contributed by atoms with van der Waals surface area (Å²) in [5.74, 6) is 1.32. The van der Waals surface area contributed by atoms with Gasteiger partial charge in [-0.2, -0.15) is 13.2 Å². The van der Waals surface area contributed by atoms with Crippen LogP contribution in [-0.4, -0.2) is 39.7 Å². The van der Waals surface area contributed by atoms with Gasteiger partial charge in [0.05, 0.1) is 0 Å². The summed E-state index contributed by atoms with van der Waals surface area (Å²) in [6.07, 6.45) is 0.484. The van der Waals surface area contributed by atoms with E-state index in [1.165, 1.54) is 12.4 Å². The highest BCUT2D eigenvalue weighted by Crippen LogP contribution is 2.19. The van der Waals surface area contributed by atoms with Crippen LogP contribution >= 0.6 is 0 Å². The molecule has 118 valence electrons. The lowest BCUT2D eigenvalue weighted by molar-refractivity contribution is -0.141. The first-order valence-electron chi connectivity index (χ1n) is 6.97. The summed E-state index contributed by atoms with van der Waals surface area (Å²) in [5, 5.41) is 0. The average Bonchev–Trinajstić information content (AvgIpc) is 2.82. The Bertz CT molecular complexity index is 486. The van der Waals surface area contributed by atoms with Crippen molar-refractivity contribution < 1.29 is 13.2 Å². The van der Waals surface area contributed by atoms with E-state index in [1.807, 2.05) is 4.90 Å². The second-order valence-electron chi connectivity index (χ2n) is 5.43. The Morgan fingerprint density at radius 1 is 1.43 bits per heavy atom. The Morgan fingerprint density at radius 3 is 2.71 bits per heavy atom. The first kappa shape index (κ1) is 15.7. The van der Waals surface area contributed by atoms with Crippen LogP contribution < -0.4 is 5.73 Å². The van der Waals surface area contributed by atoms with Crippen molar-refractivity contribution in [3.63, 3.8) is 0 Å². The van der Waals surface area contributed by atoms with E-state index >= 15 is 0 Å². The molecule has 21 heavy (non-hydrogen) atoms. The normalized spacial score (nSPS) is 18.3. The highest BCUT2D eigenvalue weighted by Gasteiger charge is 2.28. The van der Waals surface area contributed by atoms with E-state index in [4.69, 9.17) is 5.73 Å². The first-order valence-corrected chi connectivity index (χ1v) is 6.97. The van der Waals surface area contributed by atoms with Crippen LogP contribution in [0.15, 0.2) is 17.4 Å². The van der Waals surface area contributed by atoms with Gasteiger partial charge in [0, 0.05) is 25.5 Å². The molecule has 0 amide bonds. The van der Waals surface area contributed by atoms with Gasteiger partial charge >= 0.3 is 6.18 Å². The zero-order valence-electron chi connectivity index (χ0n) is 12.0. The average molecular weight is 303 g/mol. The van der Waals surface area contributed by atoms with Crippen molar-refractivity contribution in [3.05, 3.63) is 18.2 Å². The van der Waals surface area contributed by atoms with Crippen LogP contribution in [0.2, 0.25) is 0 Å². The molecule has 0 aliphatic carbocycles. The Hall–Kier alpha value is -1.73. The fourth-order valence-corrected chi connectivity index (χ4v) is 2.32. The minimum atomic E-state index is -4.27. The highest BCUT2D eigenvalue weighted by molar-refractivity contribution is 5.78. The summed E-state index contributed by atoms with van der Waals surface area (Å²) < 4.78 is 38.3. The number of nitrogens with two attached hydrogens (primary N) is 1. The van der Waals surface area contributed by atoms with Gasteiger partial charge in [-0.05, 0) is 18.8 Å². The number of hydrogen-bond donors (Lipinski definition) is 1. The van der Waals surface area contributed by atoms with Gasteiger partial charge < -0.3 is 15.2 Å². The molecule has 0 aromatic carbocycles. The molecule has 0 saturated carbocycles. The van der Waals surface area contributed by atoms with Crippen molar-refractivity contribution in [3.8, 4) is 0 Å². The smallest absolute Gasteiger partial charge is 0.370 e. The van der Waals surface area contributed by atoms with Crippen molar-refractivity contribution in [1.29, 1.82) is 0 Å². The number of likely N-dealkylation sites (tertiary alicyclic amines) is 1. The summed E-state index contributed by atoms with van der Waals surface area (Å²) in [5.41, 5.74) is 5.90. The van der Waals surface area contributed by atoms with Crippen LogP contribution in [0.5, 0.6) is 0 Å². The monoisotopic (exact) mass is 303 g/mol. The predicted molar refractivity (Wildman–Crippen MR) is 73.6 cm³/mol. The van der Waals surface area contributed by atoms with Crippen molar-refractivity contribution in [2.75, 3.05) is 13.1 Å². The number of guanidine groups is 1. The lowest BCUT2D eigenvalue weighted by atomic mass is 10.00. The molecule has 0 atom stereocenters. The van der Waals surface area contributed by atoms with E-state index in [0.717, 1.165) is 30.5 Å². The summed E-state index contributed by atoms with van der Waals surface area (Å²) in [7, 11) is 0. The van der Waals surface area contributed by atoms with E-state index in [-0.39, 0.29) is 12.4 Å². The van der Waals surface area contributed by atoms with E-state index in [2.05, 4.69) is 16.9 Å². The maximum atomic E-state index is 12.4. The van der Waals surface area contributed by atoms with E-state index in [1.54, 1.807) is 0 Å². The second-order valence-corrected chi connectivity index (χ2v) is 5.43. The van der Waals surface area contributed by atoms with E-state index in [9.17, 15) is 13.2 Å². The van der Waals surface area contributed by atoms with E-state index < -0.39 is 12.7 Å². The van der Waals surface area contributed by atoms with Crippen LogP contribution in [0.3, 0.4) is 0 Å². The fourth-order valence-electron chi connectivity index (χ4n) is 2.32. The van der Waals surface area contributed by atoms with Gasteiger partial charge in [-0.3, -0.25) is 0 Å². The van der Waals surface area contributed by atoms with Gasteiger partial charge in [-0.25, -0.2) is 9.98 Å². The molecule has 1 saturated heterocycles. The third-order valence-corrected chi connectivity index (χ3v) is 3.64. The lowest BCUT2D eigenvalue weighted by Gasteiger charge is -2.31.